The smallest absolute Gasteiger partial charge is 0.338 e. The number of aromatic nitrogens is 1. The van der Waals surface area contributed by atoms with Gasteiger partial charge < -0.3 is 24.5 Å². The fourth-order valence-corrected chi connectivity index (χ4v) is 8.26. The predicted octanol–water partition coefficient (Wildman–Crippen LogP) is 5.13. The molecule has 1 saturated heterocycles. The number of imide groups is 1. The molecule has 47 heavy (non-hydrogen) atoms. The number of thioether (sulfide) groups is 1. The minimum atomic E-state index is -0.822. The molecule has 3 atom stereocenters. The number of hydrogen-bond acceptors (Lipinski definition) is 10. The normalized spacial score (nSPS) is 18.4. The molecule has 2 N–H and O–H groups in total. The van der Waals surface area contributed by atoms with Crippen molar-refractivity contribution in [3.05, 3.63) is 98.0 Å². The van der Waals surface area contributed by atoms with Crippen molar-refractivity contribution in [1.29, 1.82) is 0 Å². The number of esters is 1. The molecular weight excluding hydrogens is 643 g/mol. The Hall–Kier alpha value is -4.88. The van der Waals surface area contributed by atoms with Crippen molar-refractivity contribution in [2.45, 2.75) is 37.0 Å². The number of rotatable bonds is 10. The first-order valence-electron chi connectivity index (χ1n) is 15.0. The van der Waals surface area contributed by atoms with Gasteiger partial charge in [-0.2, -0.15) is 0 Å². The molecule has 4 aromatic rings. The van der Waals surface area contributed by atoms with Gasteiger partial charge in [0.2, 0.25) is 11.8 Å². The number of ether oxygens (including phenoxy) is 3. The first-order valence-corrected chi connectivity index (χ1v) is 16.7. The molecule has 3 aromatic carbocycles. The van der Waals surface area contributed by atoms with Crippen molar-refractivity contribution >= 4 is 58.2 Å². The van der Waals surface area contributed by atoms with Gasteiger partial charge in [0.1, 0.15) is 5.25 Å². The molecule has 0 saturated carbocycles. The summed E-state index contributed by atoms with van der Waals surface area (Å²) in [5.41, 5.74) is 2.89. The van der Waals surface area contributed by atoms with E-state index in [0.717, 1.165) is 21.8 Å². The second kappa shape index (κ2) is 13.5. The zero-order valence-electron chi connectivity index (χ0n) is 25.7. The van der Waals surface area contributed by atoms with Crippen molar-refractivity contribution < 1.29 is 33.4 Å². The van der Waals surface area contributed by atoms with E-state index in [4.69, 9.17) is 14.2 Å². The van der Waals surface area contributed by atoms with Crippen LogP contribution in [0.1, 0.15) is 46.1 Å². The Bertz CT molecular complexity index is 1920. The lowest BCUT2D eigenvalue weighted by atomic mass is 9.83. The Labute approximate surface area is 278 Å². The molecule has 3 heterocycles. The largest absolute Gasteiger partial charge is 0.490 e. The molecular formula is C34H31N3O8S2. The van der Waals surface area contributed by atoms with Crippen LogP contribution in [0.15, 0.2) is 76.6 Å². The van der Waals surface area contributed by atoms with Gasteiger partial charge in [-0.15, -0.1) is 0 Å². The molecule has 13 heteroatoms. The highest BCUT2D eigenvalue weighted by Crippen LogP contribution is 2.53. The number of aryl methyl sites for hydroxylation is 1. The van der Waals surface area contributed by atoms with Crippen molar-refractivity contribution in [1.82, 2.24) is 4.98 Å². The van der Waals surface area contributed by atoms with Crippen LogP contribution >= 0.6 is 23.1 Å². The summed E-state index contributed by atoms with van der Waals surface area (Å²) in [6.45, 7) is 5.68. The standard InChI is InChI=1S/C34H31N3O8S2/c1-4-43-24-16-20(12-15-23(24)45-17-25(38)35-22-9-7-6-8-18(22)3)26-27-29(46-30-28(26)47-34(42)36-30)32(40)37(31(27)39)21-13-10-19(11-14-21)33(41)44-5-2/h6-16,26-27,29H,4-5,17H2,1-3H3,(H,35,38)(H,36,42). The maximum absolute atomic E-state index is 14.1. The number of thiazole rings is 1. The van der Waals surface area contributed by atoms with Crippen LogP contribution in [-0.4, -0.2) is 53.7 Å². The van der Waals surface area contributed by atoms with Gasteiger partial charge in [-0.05, 0) is 74.4 Å². The molecule has 6 rings (SSSR count). The molecule has 3 unspecified atom stereocenters. The highest BCUT2D eigenvalue weighted by molar-refractivity contribution is 8.00. The van der Waals surface area contributed by atoms with Crippen LogP contribution < -0.4 is 24.6 Å². The lowest BCUT2D eigenvalue weighted by Crippen LogP contribution is -2.32. The molecule has 242 valence electrons. The quantitative estimate of drug-likeness (QED) is 0.173. The summed E-state index contributed by atoms with van der Waals surface area (Å²) in [4.78, 5) is 69.6. The Morgan fingerprint density at radius 3 is 2.40 bits per heavy atom. The lowest BCUT2D eigenvalue weighted by molar-refractivity contribution is -0.122. The Morgan fingerprint density at radius 1 is 0.915 bits per heavy atom. The first-order chi connectivity index (χ1) is 22.7. The topological polar surface area (TPSA) is 144 Å². The van der Waals surface area contributed by atoms with Crippen molar-refractivity contribution in [2.75, 3.05) is 30.0 Å². The van der Waals surface area contributed by atoms with Crippen LogP contribution in [-0.2, 0) is 19.1 Å². The van der Waals surface area contributed by atoms with Gasteiger partial charge in [-0.25, -0.2) is 9.69 Å². The number of benzene rings is 3. The van der Waals surface area contributed by atoms with E-state index in [1.54, 1.807) is 37.3 Å². The van der Waals surface area contributed by atoms with Crippen molar-refractivity contribution in [3.63, 3.8) is 0 Å². The maximum atomic E-state index is 14.1. The highest BCUT2D eigenvalue weighted by Gasteiger charge is 2.56. The third-order valence-electron chi connectivity index (χ3n) is 7.87. The molecule has 0 radical (unpaired) electrons. The lowest BCUT2D eigenvalue weighted by Gasteiger charge is -2.30. The number of nitrogens with zero attached hydrogens (tertiary/aromatic N) is 1. The number of para-hydroxylation sites is 1. The minimum Gasteiger partial charge on any atom is -0.490 e. The number of amides is 3. The fraction of sp³-hybridized carbons (Fsp3) is 0.265. The van der Waals surface area contributed by atoms with E-state index in [0.29, 0.717) is 50.5 Å². The maximum Gasteiger partial charge on any atom is 0.338 e. The summed E-state index contributed by atoms with van der Waals surface area (Å²) < 4.78 is 16.8. The van der Waals surface area contributed by atoms with Crippen molar-refractivity contribution in [2.24, 2.45) is 5.92 Å². The zero-order valence-corrected chi connectivity index (χ0v) is 27.4. The second-order valence-corrected chi connectivity index (χ2v) is 13.0. The molecule has 1 aromatic heterocycles. The monoisotopic (exact) mass is 673 g/mol. The number of aromatic amines is 1. The number of fused-ring (bicyclic) bond motifs is 2. The van der Waals surface area contributed by atoms with Crippen LogP contribution in [0, 0.1) is 12.8 Å². The van der Waals surface area contributed by atoms with Crippen LogP contribution in [0.2, 0.25) is 0 Å². The van der Waals surface area contributed by atoms with Crippen LogP contribution in [0.3, 0.4) is 0 Å². The summed E-state index contributed by atoms with van der Waals surface area (Å²) in [5, 5.41) is 2.58. The molecule has 2 aliphatic rings. The fourth-order valence-electron chi connectivity index (χ4n) is 5.74. The van der Waals surface area contributed by atoms with Gasteiger partial charge in [-0.3, -0.25) is 19.2 Å². The van der Waals surface area contributed by atoms with Gasteiger partial charge in [0, 0.05) is 16.5 Å². The van der Waals surface area contributed by atoms with Crippen LogP contribution in [0.4, 0.5) is 11.4 Å². The summed E-state index contributed by atoms with van der Waals surface area (Å²) in [5.74, 6) is -2.45. The summed E-state index contributed by atoms with van der Waals surface area (Å²) in [6.07, 6.45) is 0. The van der Waals surface area contributed by atoms with E-state index in [1.807, 2.05) is 38.1 Å². The van der Waals surface area contributed by atoms with E-state index in [2.05, 4.69) is 10.3 Å². The average Bonchev–Trinajstić information content (AvgIpc) is 3.55. The molecule has 0 bridgehead atoms. The second-order valence-electron chi connectivity index (χ2n) is 10.8. The molecule has 0 aliphatic carbocycles. The van der Waals surface area contributed by atoms with E-state index in [9.17, 15) is 24.0 Å². The predicted molar refractivity (Wildman–Crippen MR) is 178 cm³/mol. The molecule has 1 fully saturated rings. The van der Waals surface area contributed by atoms with Gasteiger partial charge in [0.15, 0.2) is 18.1 Å². The Morgan fingerprint density at radius 2 is 1.68 bits per heavy atom. The van der Waals surface area contributed by atoms with Crippen molar-refractivity contribution in [3.8, 4) is 11.5 Å². The van der Waals surface area contributed by atoms with E-state index >= 15 is 0 Å². The Kier molecular flexibility index (Phi) is 9.19. The molecule has 11 nitrogen and oxygen atoms in total. The highest BCUT2D eigenvalue weighted by atomic mass is 32.2. The SMILES string of the molecule is CCOC(=O)c1ccc(N2C(=O)C3Sc4[nH]c(=O)sc4C(c4ccc(OCC(=O)Nc5ccccc5C)c(OCC)c4)C3C2=O)cc1. The number of carbonyl (C=O) groups excluding carboxylic acids is 4. The summed E-state index contributed by atoms with van der Waals surface area (Å²) in [7, 11) is 0. The van der Waals surface area contributed by atoms with Gasteiger partial charge in [0.05, 0.1) is 35.4 Å². The van der Waals surface area contributed by atoms with E-state index in [-0.39, 0.29) is 24.0 Å². The zero-order chi connectivity index (χ0) is 33.2. The third kappa shape index (κ3) is 6.28. The number of carbonyl (C=O) groups is 4. The first kappa shape index (κ1) is 32.1. The number of nitrogens with one attached hydrogen (secondary N) is 2. The van der Waals surface area contributed by atoms with Crippen LogP contribution in [0.5, 0.6) is 11.5 Å². The van der Waals surface area contributed by atoms with Gasteiger partial charge in [0.25, 0.3) is 5.91 Å². The number of anilines is 2. The molecule has 2 aliphatic heterocycles. The minimum absolute atomic E-state index is 0.222. The van der Waals surface area contributed by atoms with Crippen LogP contribution in [0.25, 0.3) is 0 Å². The molecule has 3 amide bonds. The number of hydrogen-bond donors (Lipinski definition) is 2. The van der Waals surface area contributed by atoms with E-state index in [1.165, 1.54) is 23.9 Å². The number of H-pyrrole nitrogens is 1. The summed E-state index contributed by atoms with van der Waals surface area (Å²) in [6, 6.07) is 18.7. The molecule has 0 spiro atoms. The summed E-state index contributed by atoms with van der Waals surface area (Å²) >= 11 is 2.17. The van der Waals surface area contributed by atoms with E-state index < -0.39 is 34.9 Å². The van der Waals surface area contributed by atoms with Gasteiger partial charge >= 0.3 is 10.8 Å². The third-order valence-corrected chi connectivity index (χ3v) is 10.3. The van der Waals surface area contributed by atoms with Gasteiger partial charge in [-0.1, -0.05) is 47.4 Å². The Balaban J connectivity index is 1.30. The average molecular weight is 674 g/mol.